The van der Waals surface area contributed by atoms with Gasteiger partial charge in [0.15, 0.2) is 0 Å². The lowest BCUT2D eigenvalue weighted by Crippen LogP contribution is -1.99. The fourth-order valence-corrected chi connectivity index (χ4v) is 0.740. The molecule has 1 atom stereocenters. The van der Waals surface area contributed by atoms with Crippen molar-refractivity contribution in [3.8, 4) is 0 Å². The zero-order valence-corrected chi connectivity index (χ0v) is 8.08. The van der Waals surface area contributed by atoms with Crippen LogP contribution in [0, 0.1) is 11.8 Å². The average Bonchev–Trinajstić information content (AvgIpc) is 1.97. The summed E-state index contributed by atoms with van der Waals surface area (Å²) in [5.74, 6) is 0.446. The molecular formula is C10H18O2. The second kappa shape index (κ2) is 5.81. The minimum absolute atomic E-state index is 0.237. The molecule has 0 fully saturated rings. The lowest BCUT2D eigenvalue weighted by atomic mass is 9.97. The van der Waals surface area contributed by atoms with Crippen molar-refractivity contribution in [3.63, 3.8) is 0 Å². The molecule has 0 saturated heterocycles. The van der Waals surface area contributed by atoms with Crippen molar-refractivity contribution in [2.75, 3.05) is 0 Å². The molecule has 0 spiro atoms. The van der Waals surface area contributed by atoms with Crippen LogP contribution in [0.1, 0.15) is 33.6 Å². The van der Waals surface area contributed by atoms with Gasteiger partial charge in [-0.05, 0) is 18.3 Å². The van der Waals surface area contributed by atoms with Gasteiger partial charge in [-0.15, -0.1) is 0 Å². The Balaban J connectivity index is 3.55. The molecular weight excluding hydrogens is 152 g/mol. The minimum Gasteiger partial charge on any atom is -0.481 e. The second-order valence-corrected chi connectivity index (χ2v) is 3.46. The number of hydrogen-bond donors (Lipinski definition) is 1. The molecule has 1 unspecified atom stereocenters. The summed E-state index contributed by atoms with van der Waals surface area (Å²) in [6.07, 6.45) is 4.93. The summed E-state index contributed by atoms with van der Waals surface area (Å²) in [5.41, 5.74) is 0. The Bertz CT molecular complexity index is 159. The monoisotopic (exact) mass is 170 g/mol. The first kappa shape index (κ1) is 11.2. The molecule has 0 aromatic rings. The maximum atomic E-state index is 10.1. The van der Waals surface area contributed by atoms with E-state index < -0.39 is 5.97 Å². The molecule has 0 rings (SSSR count). The van der Waals surface area contributed by atoms with E-state index in [9.17, 15) is 4.79 Å². The summed E-state index contributed by atoms with van der Waals surface area (Å²) in [4.78, 5) is 10.1. The molecule has 0 aliphatic carbocycles. The highest BCUT2D eigenvalue weighted by atomic mass is 16.4. The molecule has 1 N–H and O–H groups in total. The van der Waals surface area contributed by atoms with E-state index in [-0.39, 0.29) is 6.42 Å². The molecule has 12 heavy (non-hydrogen) atoms. The first-order chi connectivity index (χ1) is 5.54. The maximum absolute atomic E-state index is 10.1. The molecule has 70 valence electrons. The lowest BCUT2D eigenvalue weighted by Gasteiger charge is -2.08. The van der Waals surface area contributed by atoms with Gasteiger partial charge in [-0.25, -0.2) is 0 Å². The van der Waals surface area contributed by atoms with Gasteiger partial charge >= 0.3 is 5.97 Å². The fraction of sp³-hybridized carbons (Fsp3) is 0.700. The molecule has 2 heteroatoms. The van der Waals surface area contributed by atoms with E-state index in [1.165, 1.54) is 0 Å². The molecule has 0 aromatic carbocycles. The number of carboxylic acid groups (broad SMARTS) is 1. The Kier molecular flexibility index (Phi) is 5.43. The molecule has 0 saturated carbocycles. The summed E-state index contributed by atoms with van der Waals surface area (Å²) in [6, 6.07) is 0. The topological polar surface area (TPSA) is 37.3 Å². The van der Waals surface area contributed by atoms with Crippen LogP contribution in [0.3, 0.4) is 0 Å². The largest absolute Gasteiger partial charge is 0.481 e. The van der Waals surface area contributed by atoms with Gasteiger partial charge in [0.05, 0.1) is 0 Å². The Morgan fingerprint density at radius 1 is 1.42 bits per heavy atom. The summed E-state index contributed by atoms with van der Waals surface area (Å²) >= 11 is 0. The van der Waals surface area contributed by atoms with Crippen LogP contribution in [0.5, 0.6) is 0 Å². The molecule has 0 aromatic heterocycles. The van der Waals surface area contributed by atoms with E-state index in [1.807, 2.05) is 6.08 Å². The fourth-order valence-electron chi connectivity index (χ4n) is 0.740. The van der Waals surface area contributed by atoms with Gasteiger partial charge in [0.1, 0.15) is 0 Å². The SMILES string of the molecule is CC(C)C(C)C=CCCC(=O)O. The van der Waals surface area contributed by atoms with Gasteiger partial charge in [-0.2, -0.15) is 0 Å². The molecule has 0 aliphatic rings. The summed E-state index contributed by atoms with van der Waals surface area (Å²) in [7, 11) is 0. The van der Waals surface area contributed by atoms with E-state index >= 15 is 0 Å². The van der Waals surface area contributed by atoms with Gasteiger partial charge in [0.25, 0.3) is 0 Å². The molecule has 0 amide bonds. The molecule has 0 heterocycles. The normalized spacial score (nSPS) is 14.0. The van der Waals surface area contributed by atoms with Crippen molar-refractivity contribution in [2.45, 2.75) is 33.6 Å². The van der Waals surface area contributed by atoms with E-state index in [0.717, 1.165) is 0 Å². The van der Waals surface area contributed by atoms with Crippen LogP contribution in [0.2, 0.25) is 0 Å². The van der Waals surface area contributed by atoms with Gasteiger partial charge in [-0.1, -0.05) is 32.9 Å². The van der Waals surface area contributed by atoms with Crippen LogP contribution >= 0.6 is 0 Å². The van der Waals surface area contributed by atoms with E-state index in [2.05, 4.69) is 26.8 Å². The van der Waals surface area contributed by atoms with Crippen molar-refractivity contribution in [3.05, 3.63) is 12.2 Å². The van der Waals surface area contributed by atoms with Crippen molar-refractivity contribution in [1.82, 2.24) is 0 Å². The predicted octanol–water partition coefficient (Wildman–Crippen LogP) is 2.70. The highest BCUT2D eigenvalue weighted by Gasteiger charge is 2.01. The Labute approximate surface area is 74.3 Å². The number of carboxylic acids is 1. The van der Waals surface area contributed by atoms with Gasteiger partial charge in [0.2, 0.25) is 0 Å². The minimum atomic E-state index is -0.725. The Morgan fingerprint density at radius 3 is 2.42 bits per heavy atom. The van der Waals surface area contributed by atoms with E-state index in [4.69, 9.17) is 5.11 Å². The van der Waals surface area contributed by atoms with Crippen molar-refractivity contribution < 1.29 is 9.90 Å². The van der Waals surface area contributed by atoms with E-state index in [0.29, 0.717) is 18.3 Å². The van der Waals surface area contributed by atoms with Crippen LogP contribution in [0.4, 0.5) is 0 Å². The smallest absolute Gasteiger partial charge is 0.303 e. The summed E-state index contributed by atoms with van der Waals surface area (Å²) in [6.45, 7) is 6.46. The van der Waals surface area contributed by atoms with Crippen LogP contribution in [0.15, 0.2) is 12.2 Å². The van der Waals surface area contributed by atoms with Gasteiger partial charge in [-0.3, -0.25) is 4.79 Å². The number of allylic oxidation sites excluding steroid dienone is 2. The number of aliphatic carboxylic acids is 1. The highest BCUT2D eigenvalue weighted by molar-refractivity contribution is 5.66. The van der Waals surface area contributed by atoms with Gasteiger partial charge in [0, 0.05) is 6.42 Å². The summed E-state index contributed by atoms with van der Waals surface area (Å²) < 4.78 is 0. The van der Waals surface area contributed by atoms with Crippen LogP contribution in [0.25, 0.3) is 0 Å². The third-order valence-corrected chi connectivity index (χ3v) is 2.02. The number of hydrogen-bond acceptors (Lipinski definition) is 1. The third kappa shape index (κ3) is 5.96. The first-order valence-electron chi connectivity index (χ1n) is 4.42. The zero-order valence-electron chi connectivity index (χ0n) is 8.08. The molecule has 0 radical (unpaired) electrons. The van der Waals surface area contributed by atoms with Crippen molar-refractivity contribution in [2.24, 2.45) is 11.8 Å². The molecule has 0 aliphatic heterocycles. The van der Waals surface area contributed by atoms with Crippen LogP contribution in [-0.4, -0.2) is 11.1 Å². The van der Waals surface area contributed by atoms with Crippen molar-refractivity contribution in [1.29, 1.82) is 0 Å². The Morgan fingerprint density at radius 2 is 2.00 bits per heavy atom. The standard InChI is InChI=1S/C10H18O2/c1-8(2)9(3)6-4-5-7-10(11)12/h4,6,8-9H,5,7H2,1-3H3,(H,11,12). The Hall–Kier alpha value is -0.790. The molecule has 2 nitrogen and oxygen atoms in total. The molecule has 0 bridgehead atoms. The van der Waals surface area contributed by atoms with Gasteiger partial charge < -0.3 is 5.11 Å². The first-order valence-corrected chi connectivity index (χ1v) is 4.42. The van der Waals surface area contributed by atoms with Crippen LogP contribution < -0.4 is 0 Å². The van der Waals surface area contributed by atoms with Crippen LogP contribution in [-0.2, 0) is 4.79 Å². The second-order valence-electron chi connectivity index (χ2n) is 3.46. The quantitative estimate of drug-likeness (QED) is 0.644. The van der Waals surface area contributed by atoms with Crippen molar-refractivity contribution >= 4 is 5.97 Å². The third-order valence-electron chi connectivity index (χ3n) is 2.02. The average molecular weight is 170 g/mol. The van der Waals surface area contributed by atoms with E-state index in [1.54, 1.807) is 0 Å². The predicted molar refractivity (Wildman–Crippen MR) is 50.0 cm³/mol. The zero-order chi connectivity index (χ0) is 9.56. The lowest BCUT2D eigenvalue weighted by molar-refractivity contribution is -0.136. The number of carbonyl (C=O) groups is 1. The highest BCUT2D eigenvalue weighted by Crippen LogP contribution is 2.11. The maximum Gasteiger partial charge on any atom is 0.303 e. The summed E-state index contributed by atoms with van der Waals surface area (Å²) in [5, 5.41) is 8.35. The number of rotatable bonds is 5.